The van der Waals surface area contributed by atoms with E-state index >= 15 is 0 Å². The van der Waals surface area contributed by atoms with Crippen LogP contribution in [0.3, 0.4) is 0 Å². The number of ether oxygens (including phenoxy) is 1. The number of amides is 4. The summed E-state index contributed by atoms with van der Waals surface area (Å²) in [7, 11) is 0. The van der Waals surface area contributed by atoms with Gasteiger partial charge < -0.3 is 20.7 Å². The van der Waals surface area contributed by atoms with Crippen LogP contribution in [0.25, 0.3) is 5.69 Å². The van der Waals surface area contributed by atoms with E-state index in [9.17, 15) is 18.8 Å². The lowest BCUT2D eigenvalue weighted by Gasteiger charge is -2.19. The Balaban J connectivity index is 1.51. The predicted molar refractivity (Wildman–Crippen MR) is 161 cm³/mol. The summed E-state index contributed by atoms with van der Waals surface area (Å²) in [6.07, 6.45) is 1.60. The van der Waals surface area contributed by atoms with Gasteiger partial charge in [0, 0.05) is 49.0 Å². The standard InChI is InChI=1S/C31H34FN7O4/c1-19-14-24(12-13-34-19)43-23-10-11-26(25(32)15-23)35-30(42)36-29-16-27(31(3,4)5)37-39(29)22-8-6-21(7-9-22)17-38(20(2)40)18-28(33)41/h6-16H,17-18H2,1-5H3,(H2,33,41)(H2,35,36,42). The fraction of sp³-hybridized carbons (Fsp3) is 0.258. The molecule has 4 N–H and O–H groups in total. The van der Waals surface area contributed by atoms with Crippen LogP contribution in [-0.2, 0) is 21.5 Å². The summed E-state index contributed by atoms with van der Waals surface area (Å²) in [5, 5.41) is 10.00. The summed E-state index contributed by atoms with van der Waals surface area (Å²) in [5.41, 5.74) is 7.79. The van der Waals surface area contributed by atoms with Gasteiger partial charge in [0.25, 0.3) is 0 Å². The smallest absolute Gasteiger partial charge is 0.324 e. The van der Waals surface area contributed by atoms with Gasteiger partial charge in [-0.05, 0) is 42.8 Å². The molecule has 43 heavy (non-hydrogen) atoms. The topological polar surface area (TPSA) is 144 Å². The Morgan fingerprint density at radius 1 is 1.00 bits per heavy atom. The van der Waals surface area contributed by atoms with Gasteiger partial charge in [-0.15, -0.1) is 0 Å². The number of aromatic nitrogens is 3. The van der Waals surface area contributed by atoms with E-state index in [1.165, 1.54) is 24.0 Å². The van der Waals surface area contributed by atoms with E-state index in [0.717, 1.165) is 17.0 Å². The molecule has 0 radical (unpaired) electrons. The molecule has 2 heterocycles. The number of anilines is 2. The molecule has 0 spiro atoms. The van der Waals surface area contributed by atoms with Gasteiger partial charge in [-0.25, -0.2) is 13.9 Å². The van der Waals surface area contributed by atoms with Crippen LogP contribution in [-0.4, -0.2) is 44.1 Å². The van der Waals surface area contributed by atoms with Gasteiger partial charge in [0.2, 0.25) is 11.8 Å². The maximum Gasteiger partial charge on any atom is 0.324 e. The number of benzene rings is 2. The quantitative estimate of drug-likeness (QED) is 0.243. The van der Waals surface area contributed by atoms with Gasteiger partial charge in [-0.3, -0.25) is 19.9 Å². The number of nitrogens with two attached hydrogens (primary N) is 1. The maximum absolute atomic E-state index is 14.9. The highest BCUT2D eigenvalue weighted by Crippen LogP contribution is 2.28. The number of nitrogens with zero attached hydrogens (tertiary/aromatic N) is 4. The van der Waals surface area contributed by atoms with Crippen LogP contribution in [0.5, 0.6) is 11.5 Å². The van der Waals surface area contributed by atoms with E-state index in [0.29, 0.717) is 17.3 Å². The third-order valence-electron chi connectivity index (χ3n) is 6.36. The Hall–Kier alpha value is -5.26. The fourth-order valence-corrected chi connectivity index (χ4v) is 4.11. The predicted octanol–water partition coefficient (Wildman–Crippen LogP) is 5.28. The lowest BCUT2D eigenvalue weighted by atomic mass is 9.92. The number of aryl methyl sites for hydroxylation is 1. The number of rotatable bonds is 9. The van der Waals surface area contributed by atoms with Crippen molar-refractivity contribution >= 4 is 29.4 Å². The first kappa shape index (κ1) is 30.7. The van der Waals surface area contributed by atoms with Crippen molar-refractivity contribution in [3.8, 4) is 17.2 Å². The highest BCUT2D eigenvalue weighted by Gasteiger charge is 2.22. The Labute approximate surface area is 248 Å². The monoisotopic (exact) mass is 587 g/mol. The molecule has 0 fully saturated rings. The molecule has 0 bridgehead atoms. The highest BCUT2D eigenvalue weighted by atomic mass is 19.1. The molecule has 0 saturated carbocycles. The lowest BCUT2D eigenvalue weighted by Crippen LogP contribution is -2.36. The number of pyridine rings is 1. The first-order valence-corrected chi connectivity index (χ1v) is 13.5. The molecular formula is C31H34FN7O4. The molecule has 224 valence electrons. The van der Waals surface area contributed by atoms with Gasteiger partial charge in [-0.1, -0.05) is 32.9 Å². The van der Waals surface area contributed by atoms with E-state index in [2.05, 4.69) is 15.6 Å². The molecule has 0 aliphatic heterocycles. The number of halogens is 1. The van der Waals surface area contributed by atoms with Crippen LogP contribution >= 0.6 is 0 Å². The summed E-state index contributed by atoms with van der Waals surface area (Å²) in [5.74, 6) is -0.396. The summed E-state index contributed by atoms with van der Waals surface area (Å²) in [4.78, 5) is 41.7. The first-order chi connectivity index (χ1) is 20.3. The number of hydrogen-bond donors (Lipinski definition) is 3. The van der Waals surface area contributed by atoms with Crippen LogP contribution in [0.2, 0.25) is 0 Å². The van der Waals surface area contributed by atoms with Crippen molar-refractivity contribution in [1.82, 2.24) is 19.7 Å². The second kappa shape index (κ2) is 12.7. The molecule has 0 saturated heterocycles. The normalized spacial score (nSPS) is 11.1. The number of carbonyl (C=O) groups is 3. The number of carbonyl (C=O) groups excluding carboxylic acids is 3. The van der Waals surface area contributed by atoms with E-state index < -0.39 is 17.8 Å². The molecule has 4 amide bonds. The largest absolute Gasteiger partial charge is 0.457 e. The zero-order valence-electron chi connectivity index (χ0n) is 24.6. The summed E-state index contributed by atoms with van der Waals surface area (Å²) < 4.78 is 22.1. The molecule has 11 nitrogen and oxygen atoms in total. The third kappa shape index (κ3) is 8.15. The minimum atomic E-state index is -0.672. The zero-order chi connectivity index (χ0) is 31.3. The molecule has 0 aliphatic rings. The number of nitrogens with one attached hydrogen (secondary N) is 2. The minimum Gasteiger partial charge on any atom is -0.457 e. The van der Waals surface area contributed by atoms with Crippen LogP contribution < -0.4 is 21.1 Å². The highest BCUT2D eigenvalue weighted by molar-refractivity contribution is 5.99. The minimum absolute atomic E-state index is 0.0341. The van der Waals surface area contributed by atoms with Crippen LogP contribution in [0.4, 0.5) is 20.7 Å². The molecular weight excluding hydrogens is 553 g/mol. The Morgan fingerprint density at radius 2 is 1.70 bits per heavy atom. The summed E-state index contributed by atoms with van der Waals surface area (Å²) in [6.45, 7) is 9.19. The molecule has 12 heteroatoms. The van der Waals surface area contributed by atoms with Gasteiger partial charge in [-0.2, -0.15) is 5.10 Å². The third-order valence-corrected chi connectivity index (χ3v) is 6.36. The Kier molecular flexibility index (Phi) is 9.08. The van der Waals surface area contributed by atoms with Crippen molar-refractivity contribution in [2.45, 2.75) is 46.6 Å². The Morgan fingerprint density at radius 3 is 2.30 bits per heavy atom. The number of primary amides is 1. The molecule has 0 atom stereocenters. The molecule has 4 aromatic rings. The average molecular weight is 588 g/mol. The fourth-order valence-electron chi connectivity index (χ4n) is 4.11. The van der Waals surface area contributed by atoms with E-state index in [-0.39, 0.29) is 35.8 Å². The molecule has 2 aromatic heterocycles. The van der Waals surface area contributed by atoms with Crippen molar-refractivity contribution in [2.75, 3.05) is 17.2 Å². The van der Waals surface area contributed by atoms with Crippen molar-refractivity contribution in [3.63, 3.8) is 0 Å². The molecule has 0 aliphatic carbocycles. The average Bonchev–Trinajstić information content (AvgIpc) is 3.34. The van der Waals surface area contributed by atoms with E-state index in [1.807, 2.05) is 27.7 Å². The van der Waals surface area contributed by atoms with Gasteiger partial charge in [0.05, 0.1) is 23.6 Å². The maximum atomic E-state index is 14.9. The van der Waals surface area contributed by atoms with Gasteiger partial charge in [0.15, 0.2) is 0 Å². The molecule has 0 unspecified atom stereocenters. The first-order valence-electron chi connectivity index (χ1n) is 13.5. The second-order valence-corrected chi connectivity index (χ2v) is 11.0. The zero-order valence-corrected chi connectivity index (χ0v) is 24.6. The van der Waals surface area contributed by atoms with Gasteiger partial charge >= 0.3 is 6.03 Å². The molecule has 4 rings (SSSR count). The van der Waals surface area contributed by atoms with Gasteiger partial charge in [0.1, 0.15) is 23.1 Å². The Bertz CT molecular complexity index is 1640. The lowest BCUT2D eigenvalue weighted by molar-refractivity contribution is -0.133. The van der Waals surface area contributed by atoms with Crippen LogP contribution in [0, 0.1) is 12.7 Å². The SMILES string of the molecule is CC(=O)N(CC(N)=O)Cc1ccc(-n2nc(C(C)(C)C)cc2NC(=O)Nc2ccc(Oc3ccnc(C)c3)cc2F)cc1. The van der Waals surface area contributed by atoms with Crippen LogP contribution in [0.15, 0.2) is 66.9 Å². The number of urea groups is 1. The number of hydrogen-bond acceptors (Lipinski definition) is 6. The second-order valence-electron chi connectivity index (χ2n) is 11.0. The van der Waals surface area contributed by atoms with Crippen molar-refractivity contribution in [3.05, 3.63) is 89.6 Å². The summed E-state index contributed by atoms with van der Waals surface area (Å²) >= 11 is 0. The van der Waals surface area contributed by atoms with Crippen LogP contribution in [0.1, 0.15) is 44.6 Å². The van der Waals surface area contributed by atoms with Crippen molar-refractivity contribution in [1.29, 1.82) is 0 Å². The molecule has 2 aromatic carbocycles. The summed E-state index contributed by atoms with van der Waals surface area (Å²) in [6, 6.07) is 15.8. The van der Waals surface area contributed by atoms with E-state index in [4.69, 9.17) is 15.6 Å². The van der Waals surface area contributed by atoms with E-state index in [1.54, 1.807) is 59.4 Å². The van der Waals surface area contributed by atoms with Crippen molar-refractivity contribution in [2.24, 2.45) is 5.73 Å². The van der Waals surface area contributed by atoms with Crippen molar-refractivity contribution < 1.29 is 23.5 Å².